The number of nitro groups is 1. The number of nitrogens with one attached hydrogen (secondary N) is 1. The van der Waals surface area contributed by atoms with E-state index in [1.807, 2.05) is 13.0 Å². The molecular formula is C21H18Cl2N4O4. The Labute approximate surface area is 188 Å². The van der Waals surface area contributed by atoms with Gasteiger partial charge in [-0.05, 0) is 54.4 Å². The maximum absolute atomic E-state index is 11.0. The molecule has 0 aliphatic carbocycles. The number of aromatic nitrogens is 1. The quantitative estimate of drug-likeness (QED) is 0.249. The molecule has 1 heterocycles. The van der Waals surface area contributed by atoms with E-state index in [1.165, 1.54) is 24.5 Å². The summed E-state index contributed by atoms with van der Waals surface area (Å²) in [6, 6.07) is 13.4. The number of ether oxygens (including phenoxy) is 2. The Hall–Kier alpha value is -3.36. The summed E-state index contributed by atoms with van der Waals surface area (Å²) in [5.41, 5.74) is 3.99. The summed E-state index contributed by atoms with van der Waals surface area (Å²) in [6.45, 7) is 2.60. The van der Waals surface area contributed by atoms with Crippen molar-refractivity contribution in [3.05, 3.63) is 86.0 Å². The van der Waals surface area contributed by atoms with Crippen LogP contribution in [0, 0.1) is 10.1 Å². The Balaban J connectivity index is 1.71. The first-order valence-corrected chi connectivity index (χ1v) is 9.95. The molecule has 3 aromatic rings. The van der Waals surface area contributed by atoms with Crippen LogP contribution in [0.1, 0.15) is 18.1 Å². The van der Waals surface area contributed by atoms with Gasteiger partial charge in [-0.25, -0.2) is 4.98 Å². The molecule has 0 unspecified atom stereocenters. The number of nitrogens with zero attached hydrogens (tertiary/aromatic N) is 3. The van der Waals surface area contributed by atoms with E-state index >= 15 is 0 Å². The van der Waals surface area contributed by atoms with Gasteiger partial charge in [0.05, 0.1) is 27.8 Å². The van der Waals surface area contributed by atoms with Crippen molar-refractivity contribution in [2.75, 3.05) is 12.0 Å². The minimum Gasteiger partial charge on any atom is -0.490 e. The third kappa shape index (κ3) is 6.07. The van der Waals surface area contributed by atoms with Gasteiger partial charge in [0.25, 0.3) is 0 Å². The van der Waals surface area contributed by atoms with Crippen LogP contribution in [0.25, 0.3) is 0 Å². The Bertz CT molecular complexity index is 1110. The summed E-state index contributed by atoms with van der Waals surface area (Å²) < 4.78 is 11.5. The molecule has 2 aromatic carbocycles. The second-order valence-electron chi connectivity index (χ2n) is 6.17. The Morgan fingerprint density at radius 3 is 2.71 bits per heavy atom. The molecule has 0 saturated carbocycles. The molecule has 0 spiro atoms. The van der Waals surface area contributed by atoms with Gasteiger partial charge in [-0.3, -0.25) is 15.5 Å². The summed E-state index contributed by atoms with van der Waals surface area (Å²) >= 11 is 12.0. The number of rotatable bonds is 9. The average molecular weight is 461 g/mol. The lowest BCUT2D eigenvalue weighted by Crippen LogP contribution is -2.01. The van der Waals surface area contributed by atoms with E-state index in [9.17, 15) is 10.1 Å². The number of hydrazone groups is 1. The van der Waals surface area contributed by atoms with E-state index in [-0.39, 0.29) is 18.1 Å². The number of hydrogen-bond donors (Lipinski definition) is 1. The van der Waals surface area contributed by atoms with Gasteiger partial charge >= 0.3 is 5.69 Å². The van der Waals surface area contributed by atoms with Crippen LogP contribution in [0.2, 0.25) is 10.0 Å². The highest BCUT2D eigenvalue weighted by Crippen LogP contribution is 2.30. The van der Waals surface area contributed by atoms with Gasteiger partial charge in [0.2, 0.25) is 5.82 Å². The highest BCUT2D eigenvalue weighted by atomic mass is 35.5. The van der Waals surface area contributed by atoms with Gasteiger partial charge in [-0.1, -0.05) is 29.3 Å². The molecule has 0 aliphatic rings. The fraction of sp³-hybridized carbons (Fsp3) is 0.143. The predicted octanol–water partition coefficient (Wildman–Crippen LogP) is 5.72. The van der Waals surface area contributed by atoms with Crippen molar-refractivity contribution >= 4 is 40.9 Å². The SMILES string of the molecule is CCOc1cc(/C=N\Nc2ncccc2[N+](=O)[O-])ccc1OCc1ccc(Cl)c(Cl)c1. The first-order valence-electron chi connectivity index (χ1n) is 9.20. The molecule has 0 amide bonds. The zero-order valence-electron chi connectivity index (χ0n) is 16.4. The zero-order chi connectivity index (χ0) is 22.2. The van der Waals surface area contributed by atoms with Crippen LogP contribution in [0.15, 0.2) is 59.8 Å². The lowest BCUT2D eigenvalue weighted by atomic mass is 10.2. The van der Waals surface area contributed by atoms with Crippen molar-refractivity contribution < 1.29 is 14.4 Å². The van der Waals surface area contributed by atoms with Crippen molar-refractivity contribution in [3.63, 3.8) is 0 Å². The third-order valence-electron chi connectivity index (χ3n) is 4.01. The van der Waals surface area contributed by atoms with Crippen LogP contribution < -0.4 is 14.9 Å². The Kier molecular flexibility index (Phi) is 7.64. The van der Waals surface area contributed by atoms with E-state index < -0.39 is 4.92 Å². The van der Waals surface area contributed by atoms with Crippen molar-refractivity contribution in [1.29, 1.82) is 0 Å². The molecule has 160 valence electrons. The van der Waals surface area contributed by atoms with Crippen LogP contribution in [0.5, 0.6) is 11.5 Å². The minimum atomic E-state index is -0.530. The maximum atomic E-state index is 11.0. The predicted molar refractivity (Wildman–Crippen MR) is 121 cm³/mol. The topological polar surface area (TPSA) is 98.9 Å². The van der Waals surface area contributed by atoms with Gasteiger partial charge in [0.15, 0.2) is 11.5 Å². The Morgan fingerprint density at radius 1 is 1.13 bits per heavy atom. The summed E-state index contributed by atoms with van der Waals surface area (Å²) in [4.78, 5) is 14.4. The normalized spacial score (nSPS) is 10.8. The number of anilines is 1. The highest BCUT2D eigenvalue weighted by Gasteiger charge is 2.13. The second kappa shape index (κ2) is 10.6. The third-order valence-corrected chi connectivity index (χ3v) is 4.75. The molecule has 1 aromatic heterocycles. The van der Waals surface area contributed by atoms with Crippen LogP contribution in [-0.2, 0) is 6.61 Å². The fourth-order valence-corrected chi connectivity index (χ4v) is 2.90. The standard InChI is InChI=1S/C21H18Cl2N4O4/c1-2-30-20-11-14(12-25-26-21-18(27(28)29)4-3-9-24-21)6-8-19(20)31-13-15-5-7-16(22)17(23)10-15/h3-12H,2,13H2,1H3,(H,24,26)/b25-12-. The van der Waals surface area contributed by atoms with Gasteiger partial charge in [-0.15, -0.1) is 0 Å². The summed E-state index contributed by atoms with van der Waals surface area (Å²) in [6.07, 6.45) is 2.95. The van der Waals surface area contributed by atoms with Crippen LogP contribution in [-0.4, -0.2) is 22.7 Å². The maximum Gasteiger partial charge on any atom is 0.313 e. The first kappa shape index (κ1) is 22.3. The molecule has 10 heteroatoms. The monoisotopic (exact) mass is 460 g/mol. The van der Waals surface area contributed by atoms with E-state index in [0.29, 0.717) is 33.7 Å². The molecule has 0 bridgehead atoms. The van der Waals surface area contributed by atoms with Crippen molar-refractivity contribution in [3.8, 4) is 11.5 Å². The second-order valence-corrected chi connectivity index (χ2v) is 6.99. The summed E-state index contributed by atoms with van der Waals surface area (Å²) in [7, 11) is 0. The molecule has 3 rings (SSSR count). The van der Waals surface area contributed by atoms with E-state index in [2.05, 4.69) is 15.5 Å². The molecule has 0 fully saturated rings. The molecular weight excluding hydrogens is 443 g/mol. The molecule has 1 N–H and O–H groups in total. The highest BCUT2D eigenvalue weighted by molar-refractivity contribution is 6.42. The molecule has 0 saturated heterocycles. The number of benzene rings is 2. The molecule has 31 heavy (non-hydrogen) atoms. The molecule has 0 atom stereocenters. The molecule has 0 radical (unpaired) electrons. The molecule has 8 nitrogen and oxygen atoms in total. The lowest BCUT2D eigenvalue weighted by molar-refractivity contribution is -0.384. The van der Waals surface area contributed by atoms with Crippen molar-refractivity contribution in [2.24, 2.45) is 5.10 Å². The van der Waals surface area contributed by atoms with E-state index in [4.69, 9.17) is 32.7 Å². The van der Waals surface area contributed by atoms with E-state index in [1.54, 1.807) is 30.3 Å². The van der Waals surface area contributed by atoms with Crippen LogP contribution >= 0.6 is 23.2 Å². The number of halogens is 2. The fourth-order valence-electron chi connectivity index (χ4n) is 2.58. The van der Waals surface area contributed by atoms with Gasteiger partial charge in [-0.2, -0.15) is 5.10 Å². The van der Waals surface area contributed by atoms with Crippen molar-refractivity contribution in [2.45, 2.75) is 13.5 Å². The van der Waals surface area contributed by atoms with E-state index in [0.717, 1.165) is 5.56 Å². The molecule has 0 aliphatic heterocycles. The number of hydrogen-bond acceptors (Lipinski definition) is 7. The largest absolute Gasteiger partial charge is 0.490 e. The summed E-state index contributed by atoms with van der Waals surface area (Å²) in [5, 5.41) is 16.0. The summed E-state index contributed by atoms with van der Waals surface area (Å²) in [5.74, 6) is 1.14. The number of pyridine rings is 1. The lowest BCUT2D eigenvalue weighted by Gasteiger charge is -2.13. The van der Waals surface area contributed by atoms with Gasteiger partial charge < -0.3 is 9.47 Å². The average Bonchev–Trinajstić information content (AvgIpc) is 2.76. The first-order chi connectivity index (χ1) is 15.0. The smallest absolute Gasteiger partial charge is 0.313 e. The zero-order valence-corrected chi connectivity index (χ0v) is 17.9. The van der Waals surface area contributed by atoms with Crippen molar-refractivity contribution in [1.82, 2.24) is 4.98 Å². The van der Waals surface area contributed by atoms with Crippen LogP contribution in [0.4, 0.5) is 11.5 Å². The van der Waals surface area contributed by atoms with Gasteiger partial charge in [0.1, 0.15) is 6.61 Å². The minimum absolute atomic E-state index is 0.0513. The van der Waals surface area contributed by atoms with Gasteiger partial charge in [0, 0.05) is 12.3 Å². The van der Waals surface area contributed by atoms with Crippen LogP contribution in [0.3, 0.4) is 0 Å². The Morgan fingerprint density at radius 2 is 1.97 bits per heavy atom.